The normalized spacial score (nSPS) is 20.9. The fourth-order valence-electron chi connectivity index (χ4n) is 5.83. The number of piperidine rings is 1. The summed E-state index contributed by atoms with van der Waals surface area (Å²) in [7, 11) is 0. The summed E-state index contributed by atoms with van der Waals surface area (Å²) in [6.45, 7) is 1.76. The van der Waals surface area contributed by atoms with Crippen LogP contribution in [-0.2, 0) is 36.9 Å². The van der Waals surface area contributed by atoms with Gasteiger partial charge in [0.15, 0.2) is 0 Å². The van der Waals surface area contributed by atoms with Gasteiger partial charge in [-0.05, 0) is 49.7 Å². The highest BCUT2D eigenvalue weighted by Gasteiger charge is 2.50. The number of likely N-dealkylation sites (tertiary alicyclic amines) is 2. The van der Waals surface area contributed by atoms with E-state index in [1.165, 1.54) is 16.7 Å². The molecule has 3 amide bonds. The molecule has 4 rings (SSSR count). The molecule has 12 heteroatoms. The molecule has 230 valence electrons. The van der Waals surface area contributed by atoms with E-state index in [9.17, 15) is 34.2 Å². The summed E-state index contributed by atoms with van der Waals surface area (Å²) < 4.78 is 5.15. The Morgan fingerprint density at radius 2 is 1.63 bits per heavy atom. The molecule has 0 spiro atoms. The molecule has 4 N–H and O–H groups in total. The first kappa shape index (κ1) is 31.5. The average Bonchev–Trinajstić information content (AvgIpc) is 3.40. The number of alkyl carbamates (subject to hydrolysis) is 1. The highest BCUT2D eigenvalue weighted by atomic mass is 16.5. The standard InChI is InChI=1S/C31H38N4O8/c1-20(33-24(29(38)39)13-12-21-8-4-2-5-9-21)28(37)35-25(30(40)41)16-23-14-15-34(18-26(23)35)27(36)17-32-31(42)43-19-22-10-6-3-7-11-22/h2-11,20,23-26,33H,12-19H2,1H3,(H,32,42)(H,38,39)(H,40,41)/t20-,23+,24+,25-,26-/m0/s1. The number of carboxylic acids is 2. The van der Waals surface area contributed by atoms with E-state index in [2.05, 4.69) is 10.6 Å². The molecular weight excluding hydrogens is 556 g/mol. The Bertz CT molecular complexity index is 1290. The predicted octanol–water partition coefficient (Wildman–Crippen LogP) is 1.88. The first-order valence-corrected chi connectivity index (χ1v) is 14.4. The minimum atomic E-state index is -1.14. The Balaban J connectivity index is 1.35. The lowest BCUT2D eigenvalue weighted by Crippen LogP contribution is -2.59. The van der Waals surface area contributed by atoms with Gasteiger partial charge in [-0.15, -0.1) is 0 Å². The molecule has 2 aliphatic rings. The van der Waals surface area contributed by atoms with Crippen molar-refractivity contribution in [3.63, 3.8) is 0 Å². The third-order valence-electron chi connectivity index (χ3n) is 8.11. The maximum Gasteiger partial charge on any atom is 0.407 e. The van der Waals surface area contributed by atoms with E-state index in [0.717, 1.165) is 11.1 Å². The number of nitrogens with one attached hydrogen (secondary N) is 2. The fourth-order valence-corrected chi connectivity index (χ4v) is 5.83. The van der Waals surface area contributed by atoms with Crippen LogP contribution in [0.1, 0.15) is 37.3 Å². The van der Waals surface area contributed by atoms with Crippen LogP contribution in [0.15, 0.2) is 60.7 Å². The number of aryl methyl sites for hydroxylation is 1. The molecule has 0 radical (unpaired) electrons. The summed E-state index contributed by atoms with van der Waals surface area (Å²) in [4.78, 5) is 65.7. The number of carbonyl (C=O) groups is 5. The summed E-state index contributed by atoms with van der Waals surface area (Å²) >= 11 is 0. The maximum atomic E-state index is 13.7. The minimum absolute atomic E-state index is 0.0587. The van der Waals surface area contributed by atoms with Crippen molar-refractivity contribution in [2.45, 2.75) is 63.4 Å². The third-order valence-corrected chi connectivity index (χ3v) is 8.11. The predicted molar refractivity (Wildman–Crippen MR) is 155 cm³/mol. The molecular formula is C31H38N4O8. The van der Waals surface area contributed by atoms with Crippen LogP contribution < -0.4 is 10.6 Å². The SMILES string of the molecule is C[C@H](N[C@H](CCc1ccccc1)C(=O)O)C(=O)N1[C@H](C(=O)O)C[C@H]2CCN(C(=O)CNC(=O)OCc3ccccc3)C[C@@H]21. The van der Waals surface area contributed by atoms with E-state index in [0.29, 0.717) is 19.4 Å². The van der Waals surface area contributed by atoms with Gasteiger partial charge >= 0.3 is 18.0 Å². The Morgan fingerprint density at radius 1 is 0.977 bits per heavy atom. The number of rotatable bonds is 12. The van der Waals surface area contributed by atoms with Gasteiger partial charge in [-0.3, -0.25) is 19.7 Å². The van der Waals surface area contributed by atoms with E-state index in [-0.39, 0.29) is 44.4 Å². The topological polar surface area (TPSA) is 166 Å². The molecule has 43 heavy (non-hydrogen) atoms. The zero-order valence-electron chi connectivity index (χ0n) is 24.1. The van der Waals surface area contributed by atoms with Crippen LogP contribution in [-0.4, -0.2) is 93.7 Å². The quantitative estimate of drug-likeness (QED) is 0.287. The first-order chi connectivity index (χ1) is 20.6. The van der Waals surface area contributed by atoms with Crippen LogP contribution in [0.25, 0.3) is 0 Å². The van der Waals surface area contributed by atoms with Crippen molar-refractivity contribution in [3.8, 4) is 0 Å². The monoisotopic (exact) mass is 594 g/mol. The van der Waals surface area contributed by atoms with Crippen molar-refractivity contribution < 1.29 is 38.9 Å². The van der Waals surface area contributed by atoms with Crippen LogP contribution >= 0.6 is 0 Å². The van der Waals surface area contributed by atoms with Crippen LogP contribution in [0.3, 0.4) is 0 Å². The smallest absolute Gasteiger partial charge is 0.407 e. The van der Waals surface area contributed by atoms with Gasteiger partial charge in [-0.25, -0.2) is 9.59 Å². The van der Waals surface area contributed by atoms with E-state index in [4.69, 9.17) is 4.74 Å². The Labute approximate surface area is 250 Å². The highest BCUT2D eigenvalue weighted by Crippen LogP contribution is 2.36. The van der Waals surface area contributed by atoms with E-state index in [1.807, 2.05) is 60.7 Å². The summed E-state index contributed by atoms with van der Waals surface area (Å²) in [5.41, 5.74) is 1.77. The molecule has 2 saturated heterocycles. The summed E-state index contributed by atoms with van der Waals surface area (Å²) in [6.07, 6.45) is 0.743. The lowest BCUT2D eigenvalue weighted by Gasteiger charge is -2.40. The van der Waals surface area contributed by atoms with Crippen molar-refractivity contribution in [3.05, 3.63) is 71.8 Å². The number of carboxylic acid groups (broad SMARTS) is 2. The number of hydrogen-bond acceptors (Lipinski definition) is 7. The zero-order chi connectivity index (χ0) is 30.9. The van der Waals surface area contributed by atoms with Gasteiger partial charge in [-0.2, -0.15) is 0 Å². The van der Waals surface area contributed by atoms with Gasteiger partial charge in [0.25, 0.3) is 0 Å². The lowest BCUT2D eigenvalue weighted by atomic mass is 9.91. The summed E-state index contributed by atoms with van der Waals surface area (Å²) in [6, 6.07) is 14.9. The van der Waals surface area contributed by atoms with Crippen LogP contribution in [0, 0.1) is 5.92 Å². The number of fused-ring (bicyclic) bond motifs is 1. The van der Waals surface area contributed by atoms with Gasteiger partial charge in [0.2, 0.25) is 11.8 Å². The Hall–Kier alpha value is -4.45. The van der Waals surface area contributed by atoms with Crippen molar-refractivity contribution in [1.29, 1.82) is 0 Å². The molecule has 0 saturated carbocycles. The van der Waals surface area contributed by atoms with Crippen LogP contribution in [0.2, 0.25) is 0 Å². The summed E-state index contributed by atoms with van der Waals surface area (Å²) in [5, 5.41) is 25.1. The van der Waals surface area contributed by atoms with Crippen LogP contribution in [0.4, 0.5) is 4.79 Å². The number of amides is 3. The Kier molecular flexibility index (Phi) is 10.7. The molecule has 2 fully saturated rings. The molecule has 5 atom stereocenters. The maximum absolute atomic E-state index is 13.7. The molecule has 2 heterocycles. The second-order valence-electron chi connectivity index (χ2n) is 11.0. The first-order valence-electron chi connectivity index (χ1n) is 14.4. The number of carbonyl (C=O) groups excluding carboxylic acids is 3. The number of hydrogen-bond donors (Lipinski definition) is 4. The Morgan fingerprint density at radius 3 is 2.26 bits per heavy atom. The van der Waals surface area contributed by atoms with Gasteiger partial charge in [0.1, 0.15) is 25.2 Å². The zero-order valence-corrected chi connectivity index (χ0v) is 24.1. The molecule has 0 bridgehead atoms. The molecule has 2 aliphatic heterocycles. The highest BCUT2D eigenvalue weighted by molar-refractivity contribution is 5.89. The molecule has 2 aromatic carbocycles. The van der Waals surface area contributed by atoms with Crippen molar-refractivity contribution in [1.82, 2.24) is 20.4 Å². The third kappa shape index (κ3) is 8.31. The van der Waals surface area contributed by atoms with Gasteiger partial charge in [-0.1, -0.05) is 60.7 Å². The number of nitrogens with zero attached hydrogens (tertiary/aromatic N) is 2. The largest absolute Gasteiger partial charge is 0.480 e. The summed E-state index contributed by atoms with van der Waals surface area (Å²) in [5.74, 6) is -3.27. The molecule has 0 aliphatic carbocycles. The molecule has 0 aromatic heterocycles. The van der Waals surface area contributed by atoms with Gasteiger partial charge in [0.05, 0.1) is 12.1 Å². The van der Waals surface area contributed by atoms with Gasteiger partial charge in [0, 0.05) is 13.1 Å². The molecule has 2 aromatic rings. The minimum Gasteiger partial charge on any atom is -0.480 e. The van der Waals surface area contributed by atoms with E-state index in [1.54, 1.807) is 0 Å². The molecule has 12 nitrogen and oxygen atoms in total. The van der Waals surface area contributed by atoms with Crippen molar-refractivity contribution in [2.24, 2.45) is 5.92 Å². The van der Waals surface area contributed by atoms with Crippen molar-refractivity contribution >= 4 is 29.8 Å². The van der Waals surface area contributed by atoms with Crippen LogP contribution in [0.5, 0.6) is 0 Å². The fraction of sp³-hybridized carbons (Fsp3) is 0.452. The average molecular weight is 595 g/mol. The number of ether oxygens (including phenoxy) is 1. The lowest BCUT2D eigenvalue weighted by molar-refractivity contribution is -0.152. The second kappa shape index (κ2) is 14.6. The van der Waals surface area contributed by atoms with Crippen molar-refractivity contribution in [2.75, 3.05) is 19.6 Å². The second-order valence-corrected chi connectivity index (χ2v) is 11.0. The molecule has 0 unspecified atom stereocenters. The van der Waals surface area contributed by atoms with Gasteiger partial charge < -0.3 is 30.1 Å². The number of benzene rings is 2. The van der Waals surface area contributed by atoms with E-state index >= 15 is 0 Å². The van der Waals surface area contributed by atoms with E-state index < -0.39 is 48.1 Å². The number of aliphatic carboxylic acids is 2.